The summed E-state index contributed by atoms with van der Waals surface area (Å²) in [6, 6.07) is 6.25. The fraction of sp³-hybridized carbons (Fsp3) is 0.429. The highest BCUT2D eigenvalue weighted by molar-refractivity contribution is 5.87. The van der Waals surface area contributed by atoms with Gasteiger partial charge in [0.15, 0.2) is 18.1 Å². The van der Waals surface area contributed by atoms with Gasteiger partial charge in [0.25, 0.3) is 5.91 Å². The zero-order valence-electron chi connectivity index (χ0n) is 11.5. The maximum absolute atomic E-state index is 11.8. The predicted octanol–water partition coefficient (Wildman–Crippen LogP) is 1.53. The van der Waals surface area contributed by atoms with E-state index in [1.54, 1.807) is 26.0 Å². The van der Waals surface area contributed by atoms with Crippen molar-refractivity contribution in [1.29, 1.82) is 0 Å². The van der Waals surface area contributed by atoms with Crippen LogP contribution in [0.1, 0.15) is 26.7 Å². The first kappa shape index (κ1) is 15.8. The van der Waals surface area contributed by atoms with Crippen molar-refractivity contribution in [3.8, 4) is 11.5 Å². The number of carbonyl (C=O) groups is 2. The third-order valence-corrected chi connectivity index (χ3v) is 3.22. The number of ether oxygens (including phenoxy) is 1. The fourth-order valence-corrected chi connectivity index (χ4v) is 1.81. The van der Waals surface area contributed by atoms with Crippen LogP contribution in [0, 0.1) is 0 Å². The lowest BCUT2D eigenvalue weighted by Crippen LogP contribution is -2.54. The smallest absolute Gasteiger partial charge is 0.329 e. The van der Waals surface area contributed by atoms with E-state index < -0.39 is 17.4 Å². The summed E-state index contributed by atoms with van der Waals surface area (Å²) < 4.78 is 5.16. The average Bonchev–Trinajstić information content (AvgIpc) is 2.43. The molecule has 3 N–H and O–H groups in total. The number of nitrogens with one attached hydrogen (secondary N) is 1. The number of aromatic hydroxyl groups is 1. The highest BCUT2D eigenvalue weighted by atomic mass is 16.5. The number of benzene rings is 1. The number of phenols is 1. The second-order valence-electron chi connectivity index (χ2n) is 4.40. The van der Waals surface area contributed by atoms with Crippen LogP contribution in [-0.2, 0) is 9.59 Å². The average molecular weight is 281 g/mol. The number of hydrogen-bond donors (Lipinski definition) is 3. The van der Waals surface area contributed by atoms with E-state index in [1.807, 2.05) is 0 Å². The van der Waals surface area contributed by atoms with Crippen molar-refractivity contribution in [2.24, 2.45) is 0 Å². The number of hydrogen-bond acceptors (Lipinski definition) is 4. The minimum Gasteiger partial charge on any atom is -0.504 e. The molecule has 1 rings (SSSR count). The minimum atomic E-state index is -1.28. The largest absolute Gasteiger partial charge is 0.504 e. The Hall–Kier alpha value is -2.24. The standard InChI is InChI=1S/C14H19NO5/c1-3-14(4-2,13(18)19)15-12(17)9-20-11-8-6-5-7-10(11)16/h5-8,16H,3-4,9H2,1-2H3,(H,15,17)(H,18,19). The maximum Gasteiger partial charge on any atom is 0.329 e. The molecule has 0 spiro atoms. The van der Waals surface area contributed by atoms with Crippen molar-refractivity contribution in [2.75, 3.05) is 6.61 Å². The van der Waals surface area contributed by atoms with Gasteiger partial charge in [-0.05, 0) is 25.0 Å². The molecule has 0 saturated heterocycles. The number of phenolic OH excluding ortho intramolecular Hbond substituents is 1. The van der Waals surface area contributed by atoms with Crippen molar-refractivity contribution < 1.29 is 24.5 Å². The van der Waals surface area contributed by atoms with Gasteiger partial charge in [-0.3, -0.25) is 4.79 Å². The van der Waals surface area contributed by atoms with Crippen LogP contribution >= 0.6 is 0 Å². The molecule has 0 radical (unpaired) electrons. The minimum absolute atomic E-state index is 0.0734. The van der Waals surface area contributed by atoms with E-state index in [4.69, 9.17) is 4.74 Å². The highest BCUT2D eigenvalue weighted by Gasteiger charge is 2.36. The van der Waals surface area contributed by atoms with Gasteiger partial charge in [-0.25, -0.2) is 4.79 Å². The molecular weight excluding hydrogens is 262 g/mol. The summed E-state index contributed by atoms with van der Waals surface area (Å²) in [5, 5.41) is 21.2. The molecular formula is C14H19NO5. The first-order chi connectivity index (χ1) is 9.45. The molecule has 0 aromatic heterocycles. The molecule has 0 bridgehead atoms. The van der Waals surface area contributed by atoms with Gasteiger partial charge >= 0.3 is 5.97 Å². The molecule has 1 amide bonds. The van der Waals surface area contributed by atoms with Gasteiger partial charge in [0.05, 0.1) is 0 Å². The number of carboxylic acid groups (broad SMARTS) is 1. The summed E-state index contributed by atoms with van der Waals surface area (Å²) in [6.07, 6.45) is 0.558. The third-order valence-electron chi connectivity index (χ3n) is 3.22. The second-order valence-corrected chi connectivity index (χ2v) is 4.40. The van der Waals surface area contributed by atoms with Crippen LogP contribution in [0.15, 0.2) is 24.3 Å². The summed E-state index contributed by atoms with van der Waals surface area (Å²) >= 11 is 0. The molecule has 0 fully saturated rings. The predicted molar refractivity (Wildman–Crippen MR) is 72.7 cm³/mol. The van der Waals surface area contributed by atoms with E-state index in [-0.39, 0.29) is 30.9 Å². The van der Waals surface area contributed by atoms with Gasteiger partial charge in [-0.1, -0.05) is 26.0 Å². The molecule has 0 aliphatic rings. The van der Waals surface area contributed by atoms with Crippen LogP contribution in [0.25, 0.3) is 0 Å². The molecule has 110 valence electrons. The van der Waals surface area contributed by atoms with Crippen LogP contribution in [0.5, 0.6) is 11.5 Å². The molecule has 0 aliphatic carbocycles. The van der Waals surface area contributed by atoms with E-state index in [2.05, 4.69) is 5.32 Å². The Bertz CT molecular complexity index is 482. The third kappa shape index (κ3) is 3.63. The Balaban J connectivity index is 2.64. The molecule has 20 heavy (non-hydrogen) atoms. The molecule has 6 nitrogen and oxygen atoms in total. The first-order valence-corrected chi connectivity index (χ1v) is 6.40. The van der Waals surface area contributed by atoms with Crippen molar-refractivity contribution in [2.45, 2.75) is 32.2 Å². The molecule has 0 heterocycles. The molecule has 6 heteroatoms. The Labute approximate surface area is 117 Å². The molecule has 1 aromatic rings. The van der Waals surface area contributed by atoms with Gasteiger partial charge in [0, 0.05) is 0 Å². The summed E-state index contributed by atoms with van der Waals surface area (Å²) in [6.45, 7) is 3.04. The molecule has 0 atom stereocenters. The zero-order chi connectivity index (χ0) is 15.2. The summed E-state index contributed by atoms with van der Waals surface area (Å²) in [5.41, 5.74) is -1.28. The van der Waals surface area contributed by atoms with Gasteiger partial charge in [0.1, 0.15) is 5.54 Å². The summed E-state index contributed by atoms with van der Waals surface area (Å²) in [5.74, 6) is -1.51. The lowest BCUT2D eigenvalue weighted by atomic mass is 9.93. The summed E-state index contributed by atoms with van der Waals surface area (Å²) in [4.78, 5) is 23.0. The normalized spacial score (nSPS) is 10.9. The van der Waals surface area contributed by atoms with E-state index >= 15 is 0 Å². The molecule has 0 saturated carbocycles. The number of carboxylic acids is 1. The Morgan fingerprint density at radius 2 is 1.85 bits per heavy atom. The van der Waals surface area contributed by atoms with E-state index in [9.17, 15) is 19.8 Å². The number of aliphatic carboxylic acids is 1. The fourth-order valence-electron chi connectivity index (χ4n) is 1.81. The van der Waals surface area contributed by atoms with E-state index in [0.29, 0.717) is 0 Å². The van der Waals surface area contributed by atoms with E-state index in [0.717, 1.165) is 0 Å². The van der Waals surface area contributed by atoms with Gasteiger partial charge < -0.3 is 20.3 Å². The van der Waals surface area contributed by atoms with Crippen LogP contribution < -0.4 is 10.1 Å². The number of carbonyl (C=O) groups excluding carboxylic acids is 1. The van der Waals surface area contributed by atoms with Gasteiger partial charge in [-0.2, -0.15) is 0 Å². The Morgan fingerprint density at radius 3 is 2.35 bits per heavy atom. The van der Waals surface area contributed by atoms with Crippen LogP contribution in [0.4, 0.5) is 0 Å². The SMILES string of the molecule is CCC(CC)(NC(=O)COc1ccccc1O)C(=O)O. The quantitative estimate of drug-likeness (QED) is 0.704. The maximum atomic E-state index is 11.8. The van der Waals surface area contributed by atoms with Crippen LogP contribution in [0.3, 0.4) is 0 Å². The topological polar surface area (TPSA) is 95.9 Å². The monoisotopic (exact) mass is 281 g/mol. The first-order valence-electron chi connectivity index (χ1n) is 6.40. The van der Waals surface area contributed by atoms with Crippen LogP contribution in [0.2, 0.25) is 0 Å². The van der Waals surface area contributed by atoms with Crippen molar-refractivity contribution >= 4 is 11.9 Å². The molecule has 0 unspecified atom stereocenters. The van der Waals surface area contributed by atoms with Gasteiger partial charge in [-0.15, -0.1) is 0 Å². The molecule has 1 aromatic carbocycles. The van der Waals surface area contributed by atoms with Crippen LogP contribution in [-0.4, -0.2) is 34.2 Å². The van der Waals surface area contributed by atoms with Crippen molar-refractivity contribution in [1.82, 2.24) is 5.32 Å². The lowest BCUT2D eigenvalue weighted by Gasteiger charge is -2.27. The lowest BCUT2D eigenvalue weighted by molar-refractivity contribution is -0.148. The highest BCUT2D eigenvalue weighted by Crippen LogP contribution is 2.24. The zero-order valence-corrected chi connectivity index (χ0v) is 11.5. The van der Waals surface area contributed by atoms with Crippen molar-refractivity contribution in [3.05, 3.63) is 24.3 Å². The van der Waals surface area contributed by atoms with Gasteiger partial charge in [0.2, 0.25) is 0 Å². The second kappa shape index (κ2) is 6.79. The van der Waals surface area contributed by atoms with Crippen molar-refractivity contribution in [3.63, 3.8) is 0 Å². The number of amides is 1. The number of rotatable bonds is 7. The Morgan fingerprint density at radius 1 is 1.25 bits per heavy atom. The van der Waals surface area contributed by atoms with E-state index in [1.165, 1.54) is 12.1 Å². The number of para-hydroxylation sites is 2. The summed E-state index contributed by atoms with van der Waals surface area (Å²) in [7, 11) is 0. The molecule has 0 aliphatic heterocycles. The Kier molecular flexibility index (Phi) is 5.37.